The first-order chi connectivity index (χ1) is 7.18. The van der Waals surface area contributed by atoms with Crippen LogP contribution in [0.25, 0.3) is 0 Å². The fraction of sp³-hybridized carbons (Fsp3) is 0.455. The van der Waals surface area contributed by atoms with Crippen molar-refractivity contribution in [1.82, 2.24) is 10.3 Å². The Morgan fingerprint density at radius 3 is 2.93 bits per heavy atom. The Hall–Kier alpha value is -1.42. The molecular weight excluding hydrogens is 192 g/mol. The molecule has 0 radical (unpaired) electrons. The van der Waals surface area contributed by atoms with Gasteiger partial charge in [0.05, 0.1) is 5.92 Å². The van der Waals surface area contributed by atoms with E-state index in [0.717, 1.165) is 17.8 Å². The maximum absolute atomic E-state index is 11.0. The van der Waals surface area contributed by atoms with Crippen LogP contribution in [-0.2, 0) is 4.79 Å². The van der Waals surface area contributed by atoms with Crippen LogP contribution < -0.4 is 5.32 Å². The van der Waals surface area contributed by atoms with Crippen molar-refractivity contribution in [2.75, 3.05) is 13.1 Å². The maximum Gasteiger partial charge on any atom is 0.308 e. The quantitative estimate of drug-likeness (QED) is 0.750. The minimum absolute atomic E-state index is 0.0515. The van der Waals surface area contributed by atoms with Crippen LogP contribution in [0.4, 0.5) is 0 Å². The second-order valence-corrected chi connectivity index (χ2v) is 3.94. The molecule has 0 aliphatic carbocycles. The summed E-state index contributed by atoms with van der Waals surface area (Å²) < 4.78 is 0. The Balaban J connectivity index is 2.22. The number of pyridine rings is 1. The van der Waals surface area contributed by atoms with Crippen molar-refractivity contribution < 1.29 is 9.90 Å². The van der Waals surface area contributed by atoms with Crippen LogP contribution in [0.1, 0.15) is 17.2 Å². The Labute approximate surface area is 88.3 Å². The van der Waals surface area contributed by atoms with Crippen molar-refractivity contribution in [3.63, 3.8) is 0 Å². The molecule has 4 heteroatoms. The number of hydrogen-bond acceptors (Lipinski definition) is 3. The molecular formula is C11H14N2O2. The van der Waals surface area contributed by atoms with Crippen molar-refractivity contribution in [1.29, 1.82) is 0 Å². The largest absolute Gasteiger partial charge is 0.481 e. The average Bonchev–Trinajstić information content (AvgIpc) is 2.67. The van der Waals surface area contributed by atoms with Crippen LogP contribution in [0.2, 0.25) is 0 Å². The predicted octanol–water partition coefficient (Wildman–Crippen LogP) is 0.778. The molecule has 2 atom stereocenters. The highest BCUT2D eigenvalue weighted by molar-refractivity contribution is 5.72. The highest BCUT2D eigenvalue weighted by Crippen LogP contribution is 2.27. The summed E-state index contributed by atoms with van der Waals surface area (Å²) in [6.45, 7) is 3.20. The van der Waals surface area contributed by atoms with Crippen LogP contribution in [0.3, 0.4) is 0 Å². The lowest BCUT2D eigenvalue weighted by atomic mass is 9.90. The van der Waals surface area contributed by atoms with Crippen LogP contribution in [0.5, 0.6) is 0 Å². The predicted molar refractivity (Wildman–Crippen MR) is 55.7 cm³/mol. The molecule has 2 rings (SSSR count). The molecule has 4 nitrogen and oxygen atoms in total. The van der Waals surface area contributed by atoms with E-state index in [1.165, 1.54) is 0 Å². The van der Waals surface area contributed by atoms with E-state index >= 15 is 0 Å². The molecule has 1 saturated heterocycles. The van der Waals surface area contributed by atoms with Crippen LogP contribution in [0, 0.1) is 12.8 Å². The zero-order chi connectivity index (χ0) is 10.8. The monoisotopic (exact) mass is 206 g/mol. The lowest BCUT2D eigenvalue weighted by molar-refractivity contribution is -0.141. The van der Waals surface area contributed by atoms with Gasteiger partial charge in [-0.1, -0.05) is 6.07 Å². The molecule has 2 unspecified atom stereocenters. The molecule has 1 aromatic heterocycles. The number of carboxylic acids is 1. The highest BCUT2D eigenvalue weighted by atomic mass is 16.4. The summed E-state index contributed by atoms with van der Waals surface area (Å²) in [5.41, 5.74) is 1.97. The Bertz CT molecular complexity index is 361. The number of nitrogens with zero attached hydrogens (tertiary/aromatic N) is 1. The van der Waals surface area contributed by atoms with Gasteiger partial charge in [-0.3, -0.25) is 9.78 Å². The number of aliphatic carboxylic acids is 1. The van der Waals surface area contributed by atoms with E-state index in [9.17, 15) is 4.79 Å². The number of carboxylic acid groups (broad SMARTS) is 1. The molecule has 0 saturated carbocycles. The Kier molecular flexibility index (Phi) is 2.68. The van der Waals surface area contributed by atoms with E-state index in [4.69, 9.17) is 5.11 Å². The van der Waals surface area contributed by atoms with E-state index in [1.54, 1.807) is 6.20 Å². The van der Waals surface area contributed by atoms with Gasteiger partial charge < -0.3 is 10.4 Å². The van der Waals surface area contributed by atoms with Gasteiger partial charge in [0.25, 0.3) is 0 Å². The van der Waals surface area contributed by atoms with E-state index < -0.39 is 5.97 Å². The number of carbonyl (C=O) groups is 1. The minimum atomic E-state index is -0.731. The zero-order valence-electron chi connectivity index (χ0n) is 8.60. The van der Waals surface area contributed by atoms with Crippen molar-refractivity contribution >= 4 is 5.97 Å². The first-order valence-electron chi connectivity index (χ1n) is 5.04. The molecule has 1 aliphatic heterocycles. The number of aryl methyl sites for hydroxylation is 1. The van der Waals surface area contributed by atoms with Crippen molar-refractivity contribution in [3.8, 4) is 0 Å². The fourth-order valence-corrected chi connectivity index (χ4v) is 1.99. The third-order valence-electron chi connectivity index (χ3n) is 2.89. The highest BCUT2D eigenvalue weighted by Gasteiger charge is 2.33. The summed E-state index contributed by atoms with van der Waals surface area (Å²) in [4.78, 5) is 15.2. The molecule has 1 aliphatic rings. The van der Waals surface area contributed by atoms with E-state index in [1.807, 2.05) is 19.1 Å². The SMILES string of the molecule is Cc1ccc(C2CNCC2C(=O)O)cn1. The lowest BCUT2D eigenvalue weighted by Gasteiger charge is -2.14. The summed E-state index contributed by atoms with van der Waals surface area (Å²) in [6, 6.07) is 3.89. The van der Waals surface area contributed by atoms with Crippen LogP contribution >= 0.6 is 0 Å². The molecule has 0 bridgehead atoms. The van der Waals surface area contributed by atoms with Crippen molar-refractivity contribution in [3.05, 3.63) is 29.6 Å². The molecule has 0 aromatic carbocycles. The van der Waals surface area contributed by atoms with Gasteiger partial charge in [-0.25, -0.2) is 0 Å². The summed E-state index contributed by atoms with van der Waals surface area (Å²) in [7, 11) is 0. The minimum Gasteiger partial charge on any atom is -0.481 e. The molecule has 1 aromatic rings. The van der Waals surface area contributed by atoms with E-state index in [-0.39, 0.29) is 11.8 Å². The van der Waals surface area contributed by atoms with Gasteiger partial charge in [0.1, 0.15) is 0 Å². The van der Waals surface area contributed by atoms with Gasteiger partial charge in [-0.2, -0.15) is 0 Å². The van der Waals surface area contributed by atoms with Gasteiger partial charge >= 0.3 is 5.97 Å². The second-order valence-electron chi connectivity index (χ2n) is 3.94. The average molecular weight is 206 g/mol. The topological polar surface area (TPSA) is 62.2 Å². The van der Waals surface area contributed by atoms with Gasteiger partial charge in [-0.15, -0.1) is 0 Å². The first-order valence-corrected chi connectivity index (χ1v) is 5.04. The van der Waals surface area contributed by atoms with Gasteiger partial charge in [-0.05, 0) is 18.6 Å². The summed E-state index contributed by atoms with van der Waals surface area (Å²) in [5, 5.41) is 12.1. The maximum atomic E-state index is 11.0. The number of nitrogens with one attached hydrogen (secondary N) is 1. The smallest absolute Gasteiger partial charge is 0.308 e. The summed E-state index contributed by atoms with van der Waals surface area (Å²) in [6.07, 6.45) is 1.78. The van der Waals surface area contributed by atoms with Gasteiger partial charge in [0.15, 0.2) is 0 Å². The van der Waals surface area contributed by atoms with Crippen molar-refractivity contribution in [2.45, 2.75) is 12.8 Å². The fourth-order valence-electron chi connectivity index (χ4n) is 1.99. The normalized spacial score (nSPS) is 25.4. The first kappa shape index (κ1) is 10.1. The number of rotatable bonds is 2. The van der Waals surface area contributed by atoms with Crippen LogP contribution in [0.15, 0.2) is 18.3 Å². The molecule has 15 heavy (non-hydrogen) atoms. The van der Waals surface area contributed by atoms with Crippen molar-refractivity contribution in [2.24, 2.45) is 5.92 Å². The standard InChI is InChI=1S/C11H14N2O2/c1-7-2-3-8(4-13-7)9-5-12-6-10(9)11(14)15/h2-4,9-10,12H,5-6H2,1H3,(H,14,15). The van der Waals surface area contributed by atoms with Gasteiger partial charge in [0, 0.05) is 30.9 Å². The Morgan fingerprint density at radius 1 is 1.53 bits per heavy atom. The second kappa shape index (κ2) is 3.98. The molecule has 2 N–H and O–H groups in total. The Morgan fingerprint density at radius 2 is 2.33 bits per heavy atom. The lowest BCUT2D eigenvalue weighted by Crippen LogP contribution is -2.21. The van der Waals surface area contributed by atoms with Crippen LogP contribution in [-0.4, -0.2) is 29.1 Å². The zero-order valence-corrected chi connectivity index (χ0v) is 8.60. The summed E-state index contributed by atoms with van der Waals surface area (Å²) in [5.74, 6) is -1.00. The van der Waals surface area contributed by atoms with Gasteiger partial charge in [0.2, 0.25) is 0 Å². The van der Waals surface area contributed by atoms with E-state index in [0.29, 0.717) is 6.54 Å². The molecule has 80 valence electrons. The summed E-state index contributed by atoms with van der Waals surface area (Å²) >= 11 is 0. The molecule has 1 fully saturated rings. The number of hydrogen-bond donors (Lipinski definition) is 2. The van der Waals surface area contributed by atoms with E-state index in [2.05, 4.69) is 10.3 Å². The number of aromatic nitrogens is 1. The third-order valence-corrected chi connectivity index (χ3v) is 2.89. The molecule has 0 amide bonds. The molecule has 0 spiro atoms. The molecule has 2 heterocycles. The third kappa shape index (κ3) is 1.99.